The van der Waals surface area contributed by atoms with Gasteiger partial charge in [-0.3, -0.25) is 0 Å². The zero-order valence-corrected chi connectivity index (χ0v) is 12.5. The molecule has 3 aromatic rings. The lowest BCUT2D eigenvalue weighted by atomic mass is 10.2. The number of benzene rings is 2. The predicted molar refractivity (Wildman–Crippen MR) is 81.7 cm³/mol. The summed E-state index contributed by atoms with van der Waals surface area (Å²) in [5, 5.41) is 12.4. The van der Waals surface area contributed by atoms with E-state index in [2.05, 4.69) is 31.5 Å². The van der Waals surface area contributed by atoms with Crippen LogP contribution in [0, 0.1) is 0 Å². The van der Waals surface area contributed by atoms with Gasteiger partial charge in [0.1, 0.15) is 0 Å². The topological polar surface area (TPSA) is 69.6 Å². The first-order valence-electron chi connectivity index (χ1n) is 5.75. The van der Waals surface area contributed by atoms with Gasteiger partial charge in [0.2, 0.25) is 0 Å². The van der Waals surface area contributed by atoms with E-state index >= 15 is 0 Å². The first kappa shape index (κ1) is 13.1. The predicted octanol–water partition coefficient (Wildman–Crippen LogP) is 3.33. The Morgan fingerprint density at radius 1 is 1.15 bits per heavy atom. The molecule has 7 heteroatoms. The largest absolute Gasteiger partial charge is 0.399 e. The molecular weight excluding hydrogens is 342 g/mol. The summed E-state index contributed by atoms with van der Waals surface area (Å²) >= 11 is 9.39. The van der Waals surface area contributed by atoms with E-state index in [-0.39, 0.29) is 0 Å². The van der Waals surface area contributed by atoms with Crippen LogP contribution in [0.5, 0.6) is 0 Å². The summed E-state index contributed by atoms with van der Waals surface area (Å²) in [7, 11) is 0. The van der Waals surface area contributed by atoms with E-state index in [4.69, 9.17) is 17.3 Å². The number of nitrogens with two attached hydrogens (primary N) is 1. The molecule has 3 rings (SSSR count). The van der Waals surface area contributed by atoms with Crippen LogP contribution < -0.4 is 5.73 Å². The molecule has 0 saturated carbocycles. The standard InChI is InChI=1S/C13H9BrClN5/c14-11-7-10(4-5-12(11)15)20-13(17-18-19-20)8-2-1-3-9(16)6-8/h1-7H,16H2. The Kier molecular flexibility index (Phi) is 3.42. The van der Waals surface area contributed by atoms with Crippen molar-refractivity contribution in [2.45, 2.75) is 0 Å². The number of hydrogen-bond donors (Lipinski definition) is 1. The highest BCUT2D eigenvalue weighted by Gasteiger charge is 2.11. The number of aromatic nitrogens is 4. The van der Waals surface area contributed by atoms with E-state index in [0.717, 1.165) is 15.7 Å². The Hall–Kier alpha value is -1.92. The highest BCUT2D eigenvalue weighted by Crippen LogP contribution is 2.27. The second-order valence-electron chi connectivity index (χ2n) is 4.14. The molecule has 100 valence electrons. The van der Waals surface area contributed by atoms with Crippen LogP contribution in [0.15, 0.2) is 46.9 Å². The van der Waals surface area contributed by atoms with Gasteiger partial charge in [-0.25, -0.2) is 0 Å². The van der Waals surface area contributed by atoms with Gasteiger partial charge in [0.25, 0.3) is 0 Å². The molecule has 0 atom stereocenters. The molecular formula is C13H9BrClN5. The molecule has 0 aliphatic carbocycles. The fourth-order valence-electron chi connectivity index (χ4n) is 1.84. The van der Waals surface area contributed by atoms with Crippen molar-refractivity contribution in [3.8, 4) is 17.1 Å². The highest BCUT2D eigenvalue weighted by molar-refractivity contribution is 9.10. The van der Waals surface area contributed by atoms with Gasteiger partial charge in [-0.15, -0.1) is 5.10 Å². The van der Waals surface area contributed by atoms with Crippen molar-refractivity contribution in [1.29, 1.82) is 0 Å². The lowest BCUT2D eigenvalue weighted by Crippen LogP contribution is -2.00. The molecule has 0 fully saturated rings. The lowest BCUT2D eigenvalue weighted by molar-refractivity contribution is 0.791. The molecule has 0 unspecified atom stereocenters. The molecule has 0 bridgehead atoms. The second kappa shape index (κ2) is 5.22. The van der Waals surface area contributed by atoms with Crippen LogP contribution in [0.3, 0.4) is 0 Å². The molecule has 5 nitrogen and oxygen atoms in total. The summed E-state index contributed by atoms with van der Waals surface area (Å²) in [5.74, 6) is 0.617. The number of tetrazole rings is 1. The van der Waals surface area contributed by atoms with Crippen LogP contribution in [0.2, 0.25) is 5.02 Å². The van der Waals surface area contributed by atoms with Gasteiger partial charge in [-0.1, -0.05) is 23.7 Å². The summed E-state index contributed by atoms with van der Waals surface area (Å²) in [6.45, 7) is 0. The summed E-state index contributed by atoms with van der Waals surface area (Å²) in [6, 6.07) is 12.9. The lowest BCUT2D eigenvalue weighted by Gasteiger charge is -2.06. The average molecular weight is 351 g/mol. The van der Waals surface area contributed by atoms with Crippen molar-refractivity contribution in [2.75, 3.05) is 5.73 Å². The Bertz CT molecular complexity index is 771. The summed E-state index contributed by atoms with van der Waals surface area (Å²) < 4.78 is 2.42. The quantitative estimate of drug-likeness (QED) is 0.720. The highest BCUT2D eigenvalue weighted by atomic mass is 79.9. The summed E-state index contributed by atoms with van der Waals surface area (Å²) in [6.07, 6.45) is 0. The van der Waals surface area contributed by atoms with E-state index in [9.17, 15) is 0 Å². The number of nitrogens with zero attached hydrogens (tertiary/aromatic N) is 4. The Morgan fingerprint density at radius 3 is 2.75 bits per heavy atom. The van der Waals surface area contributed by atoms with E-state index in [1.807, 2.05) is 36.4 Å². The minimum absolute atomic E-state index is 0.617. The van der Waals surface area contributed by atoms with Crippen LogP contribution in [0.25, 0.3) is 17.1 Å². The number of halogens is 2. The van der Waals surface area contributed by atoms with Gasteiger partial charge in [0.15, 0.2) is 5.82 Å². The van der Waals surface area contributed by atoms with Crippen LogP contribution in [-0.2, 0) is 0 Å². The third-order valence-corrected chi connectivity index (χ3v) is 3.98. The van der Waals surface area contributed by atoms with E-state index in [1.165, 1.54) is 0 Å². The molecule has 1 aromatic heterocycles. The fourth-order valence-corrected chi connectivity index (χ4v) is 2.32. The SMILES string of the molecule is Nc1cccc(-c2nnnn2-c2ccc(Cl)c(Br)c2)c1. The molecule has 0 saturated heterocycles. The molecule has 1 heterocycles. The Balaban J connectivity index is 2.12. The minimum atomic E-state index is 0.617. The second-order valence-corrected chi connectivity index (χ2v) is 5.40. The van der Waals surface area contributed by atoms with Crippen molar-refractivity contribution in [2.24, 2.45) is 0 Å². The summed E-state index contributed by atoms with van der Waals surface area (Å²) in [4.78, 5) is 0. The van der Waals surface area contributed by atoms with Crippen LogP contribution >= 0.6 is 27.5 Å². The Morgan fingerprint density at radius 2 is 2.00 bits per heavy atom. The van der Waals surface area contributed by atoms with Crippen molar-refractivity contribution in [3.05, 3.63) is 52.0 Å². The van der Waals surface area contributed by atoms with Gasteiger partial charge < -0.3 is 5.73 Å². The molecule has 0 aliphatic heterocycles. The Labute approximate surface area is 128 Å². The van der Waals surface area contributed by atoms with E-state index in [1.54, 1.807) is 10.7 Å². The molecule has 2 N–H and O–H groups in total. The first-order chi connectivity index (χ1) is 9.65. The average Bonchev–Trinajstić information content (AvgIpc) is 2.91. The van der Waals surface area contributed by atoms with Crippen LogP contribution in [-0.4, -0.2) is 20.2 Å². The maximum absolute atomic E-state index is 6.00. The van der Waals surface area contributed by atoms with Crippen LogP contribution in [0.1, 0.15) is 0 Å². The number of anilines is 1. The van der Waals surface area contributed by atoms with Gasteiger partial charge in [0, 0.05) is 15.7 Å². The molecule has 0 spiro atoms. The molecule has 0 radical (unpaired) electrons. The fraction of sp³-hybridized carbons (Fsp3) is 0. The maximum atomic E-state index is 6.00. The number of nitrogen functional groups attached to an aromatic ring is 1. The molecule has 2 aromatic carbocycles. The van der Waals surface area contributed by atoms with Crippen molar-refractivity contribution >= 4 is 33.2 Å². The third kappa shape index (κ3) is 2.39. The van der Waals surface area contributed by atoms with Crippen molar-refractivity contribution in [3.63, 3.8) is 0 Å². The van der Waals surface area contributed by atoms with Crippen molar-refractivity contribution < 1.29 is 0 Å². The molecule has 0 amide bonds. The third-order valence-electron chi connectivity index (χ3n) is 2.76. The summed E-state index contributed by atoms with van der Waals surface area (Å²) in [5.41, 5.74) is 8.11. The zero-order chi connectivity index (χ0) is 14.1. The van der Waals surface area contributed by atoms with Gasteiger partial charge in [-0.2, -0.15) is 4.68 Å². The van der Waals surface area contributed by atoms with E-state index < -0.39 is 0 Å². The molecule has 20 heavy (non-hydrogen) atoms. The van der Waals surface area contributed by atoms with Crippen LogP contribution in [0.4, 0.5) is 5.69 Å². The first-order valence-corrected chi connectivity index (χ1v) is 6.92. The van der Waals surface area contributed by atoms with Gasteiger partial charge >= 0.3 is 0 Å². The minimum Gasteiger partial charge on any atom is -0.399 e. The number of hydrogen-bond acceptors (Lipinski definition) is 4. The smallest absolute Gasteiger partial charge is 0.187 e. The normalized spacial score (nSPS) is 10.7. The van der Waals surface area contributed by atoms with Gasteiger partial charge in [-0.05, 0) is 56.7 Å². The maximum Gasteiger partial charge on any atom is 0.187 e. The van der Waals surface area contributed by atoms with Crippen molar-refractivity contribution in [1.82, 2.24) is 20.2 Å². The molecule has 0 aliphatic rings. The monoisotopic (exact) mass is 349 g/mol. The zero-order valence-electron chi connectivity index (χ0n) is 10.2. The number of rotatable bonds is 2. The van der Waals surface area contributed by atoms with E-state index in [0.29, 0.717) is 16.5 Å². The van der Waals surface area contributed by atoms with Gasteiger partial charge in [0.05, 0.1) is 10.7 Å².